The molecule has 1 aliphatic heterocycles. The van der Waals surface area contributed by atoms with E-state index in [9.17, 15) is 9.59 Å². The topological polar surface area (TPSA) is 60.4 Å². The Hall–Kier alpha value is -2.08. The van der Waals surface area contributed by atoms with Gasteiger partial charge in [0, 0.05) is 38.8 Å². The van der Waals surface area contributed by atoms with Crippen LogP contribution < -0.4 is 11.2 Å². The molecule has 1 aliphatic rings. The Bertz CT molecular complexity index is 862. The van der Waals surface area contributed by atoms with Crippen LogP contribution in [-0.2, 0) is 27.1 Å². The highest BCUT2D eigenvalue weighted by atomic mass is 16.3. The minimum absolute atomic E-state index is 0.172. The van der Waals surface area contributed by atoms with Gasteiger partial charge in [-0.2, -0.15) is 0 Å². The van der Waals surface area contributed by atoms with Crippen molar-refractivity contribution in [2.75, 3.05) is 6.54 Å². The van der Waals surface area contributed by atoms with Gasteiger partial charge in [0.25, 0.3) is 5.56 Å². The van der Waals surface area contributed by atoms with Crippen LogP contribution in [0.1, 0.15) is 49.8 Å². The maximum atomic E-state index is 12.5. The van der Waals surface area contributed by atoms with E-state index in [0.717, 1.165) is 37.3 Å². The molecule has 0 spiro atoms. The maximum Gasteiger partial charge on any atom is 0.330 e. The summed E-state index contributed by atoms with van der Waals surface area (Å²) in [5.74, 6) is 2.59. The van der Waals surface area contributed by atoms with Crippen molar-refractivity contribution >= 4 is 0 Å². The Morgan fingerprint density at radius 1 is 1.24 bits per heavy atom. The second-order valence-electron chi connectivity index (χ2n) is 7.19. The molecule has 0 radical (unpaired) electrons. The smallest absolute Gasteiger partial charge is 0.330 e. The number of rotatable bonds is 4. The maximum absolute atomic E-state index is 12.5. The predicted octanol–water partition coefficient (Wildman–Crippen LogP) is 2.21. The average molecular weight is 345 g/mol. The Morgan fingerprint density at radius 3 is 2.68 bits per heavy atom. The molecule has 2 aromatic rings. The monoisotopic (exact) mass is 345 g/mol. The average Bonchev–Trinajstić information content (AvgIpc) is 3.08. The fourth-order valence-corrected chi connectivity index (χ4v) is 3.65. The molecule has 0 N–H and O–H groups in total. The standard InChI is InChI=1S/C19H27N3O3/c1-5-15-6-7-17(25-15)16-10-13(2)8-9-22(16)12-14-11-20(3)19(24)21(4)18(14)23/h6-7,11,13,16H,5,8-10,12H2,1-4H3/t13-,16-/m1/s1. The normalized spacial score (nSPS) is 21.6. The lowest BCUT2D eigenvalue weighted by molar-refractivity contribution is 0.0927. The number of hydrogen-bond acceptors (Lipinski definition) is 4. The summed E-state index contributed by atoms with van der Waals surface area (Å²) < 4.78 is 8.66. The zero-order chi connectivity index (χ0) is 18.1. The number of likely N-dealkylation sites (tertiary alicyclic amines) is 1. The lowest BCUT2D eigenvalue weighted by Crippen LogP contribution is -2.42. The van der Waals surface area contributed by atoms with Crippen molar-refractivity contribution in [2.45, 2.75) is 45.7 Å². The highest BCUT2D eigenvalue weighted by Gasteiger charge is 2.30. The second-order valence-corrected chi connectivity index (χ2v) is 7.19. The van der Waals surface area contributed by atoms with Crippen LogP contribution in [0.4, 0.5) is 0 Å². The minimum atomic E-state index is -0.295. The van der Waals surface area contributed by atoms with Crippen LogP contribution in [0.3, 0.4) is 0 Å². The molecule has 6 nitrogen and oxygen atoms in total. The van der Waals surface area contributed by atoms with Gasteiger partial charge in [0.15, 0.2) is 0 Å². The van der Waals surface area contributed by atoms with Crippen molar-refractivity contribution in [2.24, 2.45) is 20.0 Å². The summed E-state index contributed by atoms with van der Waals surface area (Å²) >= 11 is 0. The first-order chi connectivity index (χ1) is 11.9. The van der Waals surface area contributed by atoms with Gasteiger partial charge in [-0.15, -0.1) is 0 Å². The van der Waals surface area contributed by atoms with Crippen LogP contribution in [0.15, 0.2) is 32.3 Å². The minimum Gasteiger partial charge on any atom is -0.464 e. The van der Waals surface area contributed by atoms with Crippen LogP contribution in [-0.4, -0.2) is 20.6 Å². The summed E-state index contributed by atoms with van der Waals surface area (Å²) in [5.41, 5.74) is 0.136. The summed E-state index contributed by atoms with van der Waals surface area (Å²) in [4.78, 5) is 26.7. The summed E-state index contributed by atoms with van der Waals surface area (Å²) in [6.45, 7) is 5.79. The third-order valence-electron chi connectivity index (χ3n) is 5.23. The SMILES string of the molecule is CCc1ccc([C@H]2C[C@H](C)CCN2Cc2cn(C)c(=O)n(C)c2=O)o1. The Balaban J connectivity index is 1.92. The van der Waals surface area contributed by atoms with E-state index in [1.165, 1.54) is 16.2 Å². The van der Waals surface area contributed by atoms with E-state index >= 15 is 0 Å². The predicted molar refractivity (Wildman–Crippen MR) is 96.6 cm³/mol. The van der Waals surface area contributed by atoms with Crippen LogP contribution in [0.2, 0.25) is 0 Å². The first-order valence-electron chi connectivity index (χ1n) is 8.98. The summed E-state index contributed by atoms with van der Waals surface area (Å²) in [5, 5.41) is 0. The van der Waals surface area contributed by atoms with Gasteiger partial charge in [-0.05, 0) is 37.4 Å². The highest BCUT2D eigenvalue weighted by molar-refractivity contribution is 5.13. The van der Waals surface area contributed by atoms with Crippen molar-refractivity contribution in [1.82, 2.24) is 14.0 Å². The van der Waals surface area contributed by atoms with E-state index in [4.69, 9.17) is 4.42 Å². The summed E-state index contributed by atoms with van der Waals surface area (Å²) in [7, 11) is 3.21. The first kappa shape index (κ1) is 17.7. The van der Waals surface area contributed by atoms with Crippen LogP contribution in [0, 0.1) is 5.92 Å². The van der Waals surface area contributed by atoms with E-state index < -0.39 is 0 Å². The Kier molecular flexibility index (Phi) is 4.99. The molecule has 0 amide bonds. The van der Waals surface area contributed by atoms with E-state index in [-0.39, 0.29) is 17.3 Å². The van der Waals surface area contributed by atoms with Gasteiger partial charge in [0.05, 0.1) is 6.04 Å². The van der Waals surface area contributed by atoms with Crippen LogP contribution in [0.5, 0.6) is 0 Å². The molecule has 6 heteroatoms. The molecule has 136 valence electrons. The molecule has 3 heterocycles. The van der Waals surface area contributed by atoms with Gasteiger partial charge >= 0.3 is 5.69 Å². The van der Waals surface area contributed by atoms with Crippen LogP contribution >= 0.6 is 0 Å². The molecule has 2 aromatic heterocycles. The van der Waals surface area contributed by atoms with E-state index in [1.807, 2.05) is 6.07 Å². The first-order valence-corrected chi connectivity index (χ1v) is 8.98. The molecular formula is C19H27N3O3. The van der Waals surface area contributed by atoms with Crippen molar-refractivity contribution in [3.05, 3.63) is 56.3 Å². The molecular weight excluding hydrogens is 318 g/mol. The molecule has 2 atom stereocenters. The largest absolute Gasteiger partial charge is 0.464 e. The van der Waals surface area contributed by atoms with Gasteiger partial charge in [-0.3, -0.25) is 14.3 Å². The second kappa shape index (κ2) is 7.04. The summed E-state index contributed by atoms with van der Waals surface area (Å²) in [6, 6.07) is 4.27. The van der Waals surface area contributed by atoms with Gasteiger partial charge in [0.2, 0.25) is 0 Å². The molecule has 0 saturated carbocycles. The number of aromatic nitrogens is 2. The number of hydrogen-bond donors (Lipinski definition) is 0. The third kappa shape index (κ3) is 3.49. The van der Waals surface area contributed by atoms with E-state index in [2.05, 4.69) is 24.8 Å². The Labute approximate surface area is 147 Å². The van der Waals surface area contributed by atoms with Crippen LogP contribution in [0.25, 0.3) is 0 Å². The molecule has 0 aliphatic carbocycles. The third-order valence-corrected chi connectivity index (χ3v) is 5.23. The van der Waals surface area contributed by atoms with Crippen molar-refractivity contribution < 1.29 is 4.42 Å². The van der Waals surface area contributed by atoms with Crippen molar-refractivity contribution in [1.29, 1.82) is 0 Å². The molecule has 1 saturated heterocycles. The highest BCUT2D eigenvalue weighted by Crippen LogP contribution is 2.35. The van der Waals surface area contributed by atoms with Gasteiger partial charge in [0.1, 0.15) is 11.5 Å². The molecule has 1 fully saturated rings. The molecule has 25 heavy (non-hydrogen) atoms. The number of piperidine rings is 1. The molecule has 0 bridgehead atoms. The fourth-order valence-electron chi connectivity index (χ4n) is 3.65. The lowest BCUT2D eigenvalue weighted by Gasteiger charge is -2.37. The quantitative estimate of drug-likeness (QED) is 0.852. The fraction of sp³-hybridized carbons (Fsp3) is 0.579. The van der Waals surface area contributed by atoms with Crippen molar-refractivity contribution in [3.8, 4) is 0 Å². The molecule has 0 unspecified atom stereocenters. The Morgan fingerprint density at radius 2 is 2.00 bits per heavy atom. The zero-order valence-corrected chi connectivity index (χ0v) is 15.5. The summed E-state index contributed by atoms with van der Waals surface area (Å²) in [6.07, 6.45) is 4.66. The molecule has 3 rings (SSSR count). The molecule has 0 aromatic carbocycles. The van der Waals surface area contributed by atoms with Crippen molar-refractivity contribution in [3.63, 3.8) is 0 Å². The van der Waals surface area contributed by atoms with E-state index in [1.54, 1.807) is 13.2 Å². The van der Waals surface area contributed by atoms with E-state index in [0.29, 0.717) is 18.0 Å². The number of furan rings is 1. The van der Waals surface area contributed by atoms with Gasteiger partial charge in [-0.25, -0.2) is 4.79 Å². The van der Waals surface area contributed by atoms with Gasteiger partial charge < -0.3 is 8.98 Å². The number of nitrogens with zero attached hydrogens (tertiary/aromatic N) is 3. The van der Waals surface area contributed by atoms with Gasteiger partial charge in [-0.1, -0.05) is 13.8 Å². The number of aryl methyl sites for hydroxylation is 2. The zero-order valence-electron chi connectivity index (χ0n) is 15.5. The lowest BCUT2D eigenvalue weighted by atomic mass is 9.91.